The number of thiophene rings is 1. The van der Waals surface area contributed by atoms with Gasteiger partial charge in [-0.1, -0.05) is 6.07 Å². The molecule has 4 rings (SSSR count). The van der Waals surface area contributed by atoms with Crippen LogP contribution in [-0.2, 0) is 28.5 Å². The van der Waals surface area contributed by atoms with E-state index in [2.05, 4.69) is 0 Å². The van der Waals surface area contributed by atoms with Gasteiger partial charge in [0.05, 0.1) is 11.1 Å². The molecule has 0 saturated carbocycles. The zero-order valence-corrected chi connectivity index (χ0v) is 17.7. The molecule has 166 valence electrons. The van der Waals surface area contributed by atoms with E-state index >= 15 is 0 Å². The number of carbonyl (C=O) groups excluding carboxylic acids is 2. The van der Waals surface area contributed by atoms with Gasteiger partial charge in [-0.05, 0) is 49.4 Å². The summed E-state index contributed by atoms with van der Waals surface area (Å²) in [6.45, 7) is 1.23. The number of halogens is 3. The van der Waals surface area contributed by atoms with Crippen LogP contribution in [0.3, 0.4) is 0 Å². The van der Waals surface area contributed by atoms with E-state index in [9.17, 15) is 22.8 Å². The van der Waals surface area contributed by atoms with Crippen molar-refractivity contribution in [2.75, 3.05) is 37.7 Å². The van der Waals surface area contributed by atoms with Crippen LogP contribution < -0.4 is 4.90 Å². The maximum Gasteiger partial charge on any atom is 0.416 e. The zero-order chi connectivity index (χ0) is 22.0. The second-order valence-electron chi connectivity index (χ2n) is 7.75. The first-order valence-corrected chi connectivity index (χ1v) is 11.2. The van der Waals surface area contributed by atoms with Crippen molar-refractivity contribution in [3.8, 4) is 0 Å². The summed E-state index contributed by atoms with van der Waals surface area (Å²) in [6, 6.07) is 5.19. The van der Waals surface area contributed by atoms with Gasteiger partial charge in [0.25, 0.3) is 5.91 Å². The number of aryl methyl sites for hydroxylation is 1. The summed E-state index contributed by atoms with van der Waals surface area (Å²) in [6.07, 6.45) is -0.345. The second kappa shape index (κ2) is 8.90. The SMILES string of the molecule is O=C(OCC(=O)N1CCN(c2cccc(C(F)(F)F)c2)CC1)c1csc2c1CCCC2. The molecule has 2 aromatic rings. The fourth-order valence-electron chi connectivity index (χ4n) is 4.05. The highest BCUT2D eigenvalue weighted by Crippen LogP contribution is 2.32. The Balaban J connectivity index is 1.29. The highest BCUT2D eigenvalue weighted by Gasteiger charge is 2.31. The van der Waals surface area contributed by atoms with Crippen LogP contribution in [-0.4, -0.2) is 49.6 Å². The van der Waals surface area contributed by atoms with Crippen LogP contribution >= 0.6 is 11.3 Å². The minimum absolute atomic E-state index is 0.291. The molecule has 0 bridgehead atoms. The molecule has 0 N–H and O–H groups in total. The van der Waals surface area contributed by atoms with Crippen LogP contribution in [0.25, 0.3) is 0 Å². The number of carbonyl (C=O) groups is 2. The number of anilines is 1. The Morgan fingerprint density at radius 3 is 2.55 bits per heavy atom. The van der Waals surface area contributed by atoms with Gasteiger partial charge < -0.3 is 14.5 Å². The predicted molar refractivity (Wildman–Crippen MR) is 111 cm³/mol. The molecule has 1 aromatic heterocycles. The van der Waals surface area contributed by atoms with Gasteiger partial charge in [0.2, 0.25) is 0 Å². The van der Waals surface area contributed by atoms with Crippen molar-refractivity contribution in [2.24, 2.45) is 0 Å². The van der Waals surface area contributed by atoms with E-state index in [0.717, 1.165) is 43.4 Å². The summed E-state index contributed by atoms with van der Waals surface area (Å²) in [4.78, 5) is 29.5. The van der Waals surface area contributed by atoms with Gasteiger partial charge in [0.1, 0.15) is 0 Å². The molecule has 31 heavy (non-hydrogen) atoms. The van der Waals surface area contributed by atoms with E-state index in [-0.39, 0.29) is 12.5 Å². The maximum atomic E-state index is 12.9. The van der Waals surface area contributed by atoms with Gasteiger partial charge in [-0.3, -0.25) is 4.79 Å². The normalized spacial score (nSPS) is 16.7. The predicted octanol–water partition coefficient (Wildman–Crippen LogP) is 4.15. The van der Waals surface area contributed by atoms with Crippen molar-refractivity contribution in [1.82, 2.24) is 4.90 Å². The van der Waals surface area contributed by atoms with Crippen LogP contribution in [0.15, 0.2) is 29.6 Å². The lowest BCUT2D eigenvalue weighted by molar-refractivity contribution is -0.137. The lowest BCUT2D eigenvalue weighted by atomic mass is 9.96. The molecule has 1 aliphatic carbocycles. The highest BCUT2D eigenvalue weighted by molar-refractivity contribution is 7.10. The third kappa shape index (κ3) is 4.87. The second-order valence-corrected chi connectivity index (χ2v) is 8.71. The molecule has 0 radical (unpaired) electrons. The Bertz CT molecular complexity index is 965. The summed E-state index contributed by atoms with van der Waals surface area (Å²) in [7, 11) is 0. The van der Waals surface area contributed by atoms with E-state index in [4.69, 9.17) is 4.74 Å². The largest absolute Gasteiger partial charge is 0.452 e. The minimum Gasteiger partial charge on any atom is -0.452 e. The van der Waals surface area contributed by atoms with Crippen LogP contribution in [0, 0.1) is 0 Å². The number of hydrogen-bond acceptors (Lipinski definition) is 5. The summed E-state index contributed by atoms with van der Waals surface area (Å²) < 4.78 is 44.1. The molecule has 0 unspecified atom stereocenters. The molecule has 1 saturated heterocycles. The first-order valence-electron chi connectivity index (χ1n) is 10.3. The molecular formula is C22H23F3N2O3S. The minimum atomic E-state index is -4.39. The standard InChI is InChI=1S/C22H23F3N2O3S/c23-22(24,25)15-4-3-5-16(12-15)26-8-10-27(11-9-26)20(28)13-30-21(29)18-14-31-19-7-2-1-6-17(18)19/h3-5,12,14H,1-2,6-11,13H2. The van der Waals surface area contributed by atoms with Gasteiger partial charge in [0.15, 0.2) is 6.61 Å². The van der Waals surface area contributed by atoms with E-state index in [0.29, 0.717) is 37.4 Å². The third-order valence-corrected chi connectivity index (χ3v) is 6.87. The Morgan fingerprint density at radius 1 is 1.06 bits per heavy atom. The number of benzene rings is 1. The zero-order valence-electron chi connectivity index (χ0n) is 16.9. The van der Waals surface area contributed by atoms with Crippen LogP contribution in [0.1, 0.15) is 39.2 Å². The Labute approximate surface area is 182 Å². The van der Waals surface area contributed by atoms with Gasteiger partial charge in [-0.2, -0.15) is 13.2 Å². The fourth-order valence-corrected chi connectivity index (χ4v) is 5.17. The molecular weight excluding hydrogens is 429 g/mol. The summed E-state index contributed by atoms with van der Waals surface area (Å²) in [5.41, 5.74) is 1.42. The molecule has 1 aromatic carbocycles. The summed E-state index contributed by atoms with van der Waals surface area (Å²) >= 11 is 1.57. The van der Waals surface area contributed by atoms with E-state index < -0.39 is 17.7 Å². The van der Waals surface area contributed by atoms with Crippen molar-refractivity contribution in [1.29, 1.82) is 0 Å². The average Bonchev–Trinajstić information content (AvgIpc) is 3.21. The number of hydrogen-bond donors (Lipinski definition) is 0. The number of rotatable bonds is 4. The molecule has 1 aliphatic heterocycles. The number of amides is 1. The number of esters is 1. The number of fused-ring (bicyclic) bond motifs is 1. The monoisotopic (exact) mass is 452 g/mol. The molecule has 9 heteroatoms. The number of ether oxygens (including phenoxy) is 1. The molecule has 2 heterocycles. The number of alkyl halides is 3. The maximum absolute atomic E-state index is 12.9. The lowest BCUT2D eigenvalue weighted by Gasteiger charge is -2.36. The molecule has 5 nitrogen and oxygen atoms in total. The van der Waals surface area contributed by atoms with Crippen LogP contribution in [0.2, 0.25) is 0 Å². The topological polar surface area (TPSA) is 49.9 Å². The first-order chi connectivity index (χ1) is 14.8. The van der Waals surface area contributed by atoms with Gasteiger partial charge in [-0.15, -0.1) is 11.3 Å². The molecule has 0 atom stereocenters. The summed E-state index contributed by atoms with van der Waals surface area (Å²) in [5.74, 6) is -0.753. The molecule has 2 aliphatic rings. The number of piperazine rings is 1. The van der Waals surface area contributed by atoms with Crippen molar-refractivity contribution in [3.63, 3.8) is 0 Å². The Hall–Kier alpha value is -2.55. The highest BCUT2D eigenvalue weighted by atomic mass is 32.1. The lowest BCUT2D eigenvalue weighted by Crippen LogP contribution is -2.50. The summed E-state index contributed by atoms with van der Waals surface area (Å²) in [5, 5.41) is 1.82. The Morgan fingerprint density at radius 2 is 1.81 bits per heavy atom. The van der Waals surface area contributed by atoms with Crippen molar-refractivity contribution < 1.29 is 27.5 Å². The average molecular weight is 452 g/mol. The van der Waals surface area contributed by atoms with Crippen molar-refractivity contribution >= 4 is 28.9 Å². The van der Waals surface area contributed by atoms with Crippen molar-refractivity contribution in [3.05, 3.63) is 51.2 Å². The van der Waals surface area contributed by atoms with Crippen LogP contribution in [0.5, 0.6) is 0 Å². The quantitative estimate of drug-likeness (QED) is 0.654. The molecule has 1 fully saturated rings. The van der Waals surface area contributed by atoms with Crippen molar-refractivity contribution in [2.45, 2.75) is 31.9 Å². The first kappa shape index (κ1) is 21.7. The molecule has 1 amide bonds. The van der Waals surface area contributed by atoms with E-state index in [1.165, 1.54) is 10.9 Å². The van der Waals surface area contributed by atoms with Gasteiger partial charge in [0, 0.05) is 42.1 Å². The fraction of sp³-hybridized carbons (Fsp3) is 0.455. The van der Waals surface area contributed by atoms with E-state index in [1.54, 1.807) is 22.3 Å². The number of nitrogens with zero attached hydrogens (tertiary/aromatic N) is 2. The van der Waals surface area contributed by atoms with Gasteiger partial charge in [-0.25, -0.2) is 4.79 Å². The van der Waals surface area contributed by atoms with E-state index in [1.807, 2.05) is 10.3 Å². The smallest absolute Gasteiger partial charge is 0.416 e. The Kier molecular flexibility index (Phi) is 6.22. The van der Waals surface area contributed by atoms with Crippen LogP contribution in [0.4, 0.5) is 18.9 Å². The molecule has 0 spiro atoms. The third-order valence-electron chi connectivity index (χ3n) is 5.78. The van der Waals surface area contributed by atoms with Gasteiger partial charge >= 0.3 is 12.1 Å².